The Kier molecular flexibility index (Phi) is 5.21. The van der Waals surface area contributed by atoms with Crippen LogP contribution in [-0.4, -0.2) is 22.2 Å². The summed E-state index contributed by atoms with van der Waals surface area (Å²) in [7, 11) is 0. The van der Waals surface area contributed by atoms with Gasteiger partial charge < -0.3 is 11.1 Å². The maximum Gasteiger partial charge on any atom is 0.254 e. The number of hydrogen-bond acceptors (Lipinski definition) is 3. The number of aromatic nitrogens is 2. The van der Waals surface area contributed by atoms with Gasteiger partial charge in [0, 0.05) is 12.6 Å². The number of benzene rings is 1. The van der Waals surface area contributed by atoms with Gasteiger partial charge in [0.2, 0.25) is 0 Å². The summed E-state index contributed by atoms with van der Waals surface area (Å²) in [6.45, 7) is 8.66. The van der Waals surface area contributed by atoms with Crippen molar-refractivity contribution < 1.29 is 4.79 Å². The lowest BCUT2D eigenvalue weighted by atomic mass is 10.1. The molecule has 5 nitrogen and oxygen atoms in total. The molecule has 0 saturated heterocycles. The largest absolute Gasteiger partial charge is 0.350 e. The fourth-order valence-corrected chi connectivity index (χ4v) is 2.60. The van der Waals surface area contributed by atoms with Gasteiger partial charge in [-0.25, -0.2) is 0 Å². The molecule has 0 aliphatic carbocycles. The highest BCUT2D eigenvalue weighted by atomic mass is 16.1. The lowest BCUT2D eigenvalue weighted by molar-refractivity contribution is 0.0950. The third-order valence-electron chi connectivity index (χ3n) is 3.79. The number of nitrogens with two attached hydrogens (primary N) is 1. The van der Waals surface area contributed by atoms with Crippen LogP contribution in [0.5, 0.6) is 0 Å². The van der Waals surface area contributed by atoms with E-state index >= 15 is 0 Å². The standard InChI is InChI=1S/C18H26N4O/c1-5-16-14(11-21-22(16)18(2,3)4)17(23)20-12-15(19)13-9-7-6-8-10-13/h6-11,15H,5,12,19H2,1-4H3,(H,20,23). The third-order valence-corrected chi connectivity index (χ3v) is 3.79. The molecular formula is C18H26N4O. The van der Waals surface area contributed by atoms with Crippen molar-refractivity contribution in [3.8, 4) is 0 Å². The van der Waals surface area contributed by atoms with E-state index in [1.54, 1.807) is 6.20 Å². The van der Waals surface area contributed by atoms with Crippen LogP contribution in [0.15, 0.2) is 36.5 Å². The fraction of sp³-hybridized carbons (Fsp3) is 0.444. The summed E-state index contributed by atoms with van der Waals surface area (Å²) in [5, 5.41) is 7.31. The van der Waals surface area contributed by atoms with Crippen molar-refractivity contribution in [2.75, 3.05) is 6.54 Å². The van der Waals surface area contributed by atoms with Gasteiger partial charge in [-0.05, 0) is 32.8 Å². The maximum absolute atomic E-state index is 12.5. The van der Waals surface area contributed by atoms with Crippen molar-refractivity contribution in [3.63, 3.8) is 0 Å². The highest BCUT2D eigenvalue weighted by Crippen LogP contribution is 2.19. The van der Waals surface area contributed by atoms with Crippen molar-refractivity contribution in [3.05, 3.63) is 53.3 Å². The van der Waals surface area contributed by atoms with E-state index in [9.17, 15) is 4.79 Å². The number of nitrogens with zero attached hydrogens (tertiary/aromatic N) is 2. The highest BCUT2D eigenvalue weighted by Gasteiger charge is 2.23. The van der Waals surface area contributed by atoms with Crippen LogP contribution in [0.1, 0.15) is 55.4 Å². The van der Waals surface area contributed by atoms with Gasteiger partial charge in [0.05, 0.1) is 23.0 Å². The number of carbonyl (C=O) groups is 1. The quantitative estimate of drug-likeness (QED) is 0.891. The fourth-order valence-electron chi connectivity index (χ4n) is 2.60. The van der Waals surface area contributed by atoms with E-state index in [-0.39, 0.29) is 17.5 Å². The molecule has 0 saturated carbocycles. The molecule has 1 aromatic carbocycles. The molecule has 1 unspecified atom stereocenters. The maximum atomic E-state index is 12.5. The first-order valence-electron chi connectivity index (χ1n) is 8.00. The molecule has 0 aliphatic heterocycles. The van der Waals surface area contributed by atoms with Gasteiger partial charge in [-0.2, -0.15) is 5.10 Å². The average molecular weight is 314 g/mol. The molecule has 0 radical (unpaired) electrons. The number of rotatable bonds is 5. The lowest BCUT2D eigenvalue weighted by Gasteiger charge is -2.22. The monoisotopic (exact) mass is 314 g/mol. The van der Waals surface area contributed by atoms with Crippen molar-refractivity contribution in [1.29, 1.82) is 0 Å². The molecule has 124 valence electrons. The molecule has 3 N–H and O–H groups in total. The normalized spacial score (nSPS) is 12.9. The van der Waals surface area contributed by atoms with Crippen LogP contribution in [0.4, 0.5) is 0 Å². The third kappa shape index (κ3) is 3.99. The van der Waals surface area contributed by atoms with E-state index in [1.807, 2.05) is 41.9 Å². The molecule has 0 spiro atoms. The van der Waals surface area contributed by atoms with Gasteiger partial charge in [0.25, 0.3) is 5.91 Å². The summed E-state index contributed by atoms with van der Waals surface area (Å²) in [4.78, 5) is 12.5. The molecule has 2 rings (SSSR count). The molecule has 1 aromatic heterocycles. The molecule has 23 heavy (non-hydrogen) atoms. The van der Waals surface area contributed by atoms with Gasteiger partial charge in [-0.1, -0.05) is 37.3 Å². The molecule has 1 heterocycles. The van der Waals surface area contributed by atoms with Gasteiger partial charge in [0.1, 0.15) is 0 Å². The summed E-state index contributed by atoms with van der Waals surface area (Å²) < 4.78 is 1.92. The van der Waals surface area contributed by atoms with Crippen molar-refractivity contribution in [2.45, 2.75) is 45.7 Å². The van der Waals surface area contributed by atoms with Gasteiger partial charge in [-0.15, -0.1) is 0 Å². The summed E-state index contributed by atoms with van der Waals surface area (Å²) in [6.07, 6.45) is 2.40. The van der Waals surface area contributed by atoms with Crippen LogP contribution in [0.25, 0.3) is 0 Å². The second-order valence-electron chi connectivity index (χ2n) is 6.67. The lowest BCUT2D eigenvalue weighted by Crippen LogP contribution is -2.32. The first-order chi connectivity index (χ1) is 10.8. The Bertz CT molecular complexity index is 655. The Morgan fingerprint density at radius 2 is 1.96 bits per heavy atom. The molecule has 1 atom stereocenters. The zero-order chi connectivity index (χ0) is 17.0. The highest BCUT2D eigenvalue weighted by molar-refractivity contribution is 5.95. The van der Waals surface area contributed by atoms with Crippen LogP contribution in [0.3, 0.4) is 0 Å². The minimum atomic E-state index is -0.220. The van der Waals surface area contributed by atoms with Gasteiger partial charge in [0.15, 0.2) is 0 Å². The summed E-state index contributed by atoms with van der Waals surface area (Å²) >= 11 is 0. The zero-order valence-electron chi connectivity index (χ0n) is 14.3. The topological polar surface area (TPSA) is 72.9 Å². The Hall–Kier alpha value is -2.14. The number of carbonyl (C=O) groups excluding carboxylic acids is 1. The Balaban J connectivity index is 2.08. The SMILES string of the molecule is CCc1c(C(=O)NCC(N)c2ccccc2)cnn1C(C)(C)C. The summed E-state index contributed by atoms with van der Waals surface area (Å²) in [5.41, 5.74) is 8.57. The second kappa shape index (κ2) is 6.96. The van der Waals surface area contributed by atoms with Crippen LogP contribution in [0, 0.1) is 0 Å². The Labute approximate surface area is 137 Å². The van der Waals surface area contributed by atoms with E-state index in [4.69, 9.17) is 5.73 Å². The molecule has 0 bridgehead atoms. The first kappa shape index (κ1) is 17.2. The van der Waals surface area contributed by atoms with Crippen molar-refractivity contribution in [1.82, 2.24) is 15.1 Å². The van der Waals surface area contributed by atoms with E-state index in [2.05, 4.69) is 31.2 Å². The molecule has 5 heteroatoms. The number of hydrogen-bond donors (Lipinski definition) is 2. The Morgan fingerprint density at radius 1 is 1.30 bits per heavy atom. The smallest absolute Gasteiger partial charge is 0.254 e. The van der Waals surface area contributed by atoms with Crippen LogP contribution in [-0.2, 0) is 12.0 Å². The van der Waals surface area contributed by atoms with E-state index in [0.29, 0.717) is 12.1 Å². The van der Waals surface area contributed by atoms with Crippen molar-refractivity contribution >= 4 is 5.91 Å². The predicted molar refractivity (Wildman–Crippen MR) is 92.3 cm³/mol. The minimum Gasteiger partial charge on any atom is -0.350 e. The van der Waals surface area contributed by atoms with Crippen LogP contribution >= 0.6 is 0 Å². The number of nitrogens with one attached hydrogen (secondary N) is 1. The summed E-state index contributed by atoms with van der Waals surface area (Å²) in [6, 6.07) is 9.54. The number of amides is 1. The van der Waals surface area contributed by atoms with E-state index in [1.165, 1.54) is 0 Å². The molecule has 0 fully saturated rings. The minimum absolute atomic E-state index is 0.122. The molecular weight excluding hydrogens is 288 g/mol. The molecule has 1 amide bonds. The molecule has 0 aliphatic rings. The Morgan fingerprint density at radius 3 is 2.52 bits per heavy atom. The average Bonchev–Trinajstić information content (AvgIpc) is 2.97. The van der Waals surface area contributed by atoms with Gasteiger partial charge in [-0.3, -0.25) is 9.48 Å². The second-order valence-corrected chi connectivity index (χ2v) is 6.67. The van der Waals surface area contributed by atoms with Gasteiger partial charge >= 0.3 is 0 Å². The van der Waals surface area contributed by atoms with Crippen LogP contribution < -0.4 is 11.1 Å². The van der Waals surface area contributed by atoms with Crippen LogP contribution in [0.2, 0.25) is 0 Å². The zero-order valence-corrected chi connectivity index (χ0v) is 14.3. The predicted octanol–water partition coefficient (Wildman–Crippen LogP) is 2.63. The van der Waals surface area contributed by atoms with E-state index < -0.39 is 0 Å². The van der Waals surface area contributed by atoms with Crippen molar-refractivity contribution in [2.24, 2.45) is 5.73 Å². The summed E-state index contributed by atoms with van der Waals surface area (Å²) in [5.74, 6) is -0.122. The first-order valence-corrected chi connectivity index (χ1v) is 8.00. The van der Waals surface area contributed by atoms with E-state index in [0.717, 1.165) is 17.7 Å². The molecule has 2 aromatic rings.